The van der Waals surface area contributed by atoms with Crippen molar-refractivity contribution in [3.8, 4) is 0 Å². The normalized spacial score (nSPS) is 40.8. The number of nitrogens with two attached hydrogens (primary N) is 1. The maximum absolute atomic E-state index is 6.19. The highest BCUT2D eigenvalue weighted by molar-refractivity contribution is 4.95. The summed E-state index contributed by atoms with van der Waals surface area (Å²) < 4.78 is 0. The third-order valence-electron chi connectivity index (χ3n) is 5.01. The molecule has 1 aliphatic carbocycles. The zero-order valence-corrected chi connectivity index (χ0v) is 12.1. The Labute approximate surface area is 107 Å². The Balaban J connectivity index is 2.07. The molecule has 2 fully saturated rings. The average molecular weight is 238 g/mol. The number of nitrogens with zero attached hydrogens (tertiary/aromatic N) is 1. The van der Waals surface area contributed by atoms with Gasteiger partial charge < -0.3 is 5.73 Å². The maximum atomic E-state index is 6.19. The molecule has 2 nitrogen and oxygen atoms in total. The van der Waals surface area contributed by atoms with E-state index in [1.54, 1.807) is 0 Å². The van der Waals surface area contributed by atoms with Crippen LogP contribution in [0.25, 0.3) is 0 Å². The number of likely N-dealkylation sites (tertiary alicyclic amines) is 1. The van der Waals surface area contributed by atoms with Crippen LogP contribution >= 0.6 is 0 Å². The van der Waals surface area contributed by atoms with Crippen LogP contribution in [0.15, 0.2) is 0 Å². The van der Waals surface area contributed by atoms with Gasteiger partial charge in [0.2, 0.25) is 0 Å². The van der Waals surface area contributed by atoms with Gasteiger partial charge in [-0.05, 0) is 30.1 Å². The first-order chi connectivity index (χ1) is 7.89. The van der Waals surface area contributed by atoms with E-state index in [0.29, 0.717) is 17.4 Å². The van der Waals surface area contributed by atoms with Crippen molar-refractivity contribution in [2.45, 2.75) is 65.5 Å². The number of hydrogen-bond donors (Lipinski definition) is 1. The second kappa shape index (κ2) is 4.89. The summed E-state index contributed by atoms with van der Waals surface area (Å²) in [6.45, 7) is 11.9. The lowest BCUT2D eigenvalue weighted by molar-refractivity contribution is 0.0534. The van der Waals surface area contributed by atoms with E-state index in [-0.39, 0.29) is 0 Å². The van der Waals surface area contributed by atoms with Crippen molar-refractivity contribution in [3.05, 3.63) is 0 Å². The first-order valence-corrected chi connectivity index (χ1v) is 7.39. The van der Waals surface area contributed by atoms with Gasteiger partial charge in [0.25, 0.3) is 0 Å². The van der Waals surface area contributed by atoms with Crippen LogP contribution in [-0.4, -0.2) is 30.1 Å². The first-order valence-electron chi connectivity index (χ1n) is 7.39. The summed E-state index contributed by atoms with van der Waals surface area (Å²) in [5.41, 5.74) is 6.63. The molecule has 1 saturated carbocycles. The topological polar surface area (TPSA) is 29.3 Å². The van der Waals surface area contributed by atoms with Crippen molar-refractivity contribution >= 4 is 0 Å². The monoisotopic (exact) mass is 238 g/mol. The fourth-order valence-corrected chi connectivity index (χ4v) is 3.86. The molecule has 17 heavy (non-hydrogen) atoms. The standard InChI is InChI=1S/C15H30N2/c1-11-9-17(10-13(11)16)14-8-6-5-7-12(14)15(2,3)4/h11-14H,5-10,16H2,1-4H3. The predicted octanol–water partition coefficient (Wildman–Crippen LogP) is 2.87. The maximum Gasteiger partial charge on any atom is 0.0206 e. The molecule has 2 rings (SSSR count). The lowest BCUT2D eigenvalue weighted by Gasteiger charge is -2.44. The predicted molar refractivity (Wildman–Crippen MR) is 73.9 cm³/mol. The molecule has 1 heterocycles. The van der Waals surface area contributed by atoms with E-state index in [9.17, 15) is 0 Å². The van der Waals surface area contributed by atoms with Crippen LogP contribution in [0.3, 0.4) is 0 Å². The Morgan fingerprint density at radius 3 is 2.24 bits per heavy atom. The summed E-state index contributed by atoms with van der Waals surface area (Å²) in [7, 11) is 0. The summed E-state index contributed by atoms with van der Waals surface area (Å²) in [5, 5.41) is 0. The molecular weight excluding hydrogens is 208 g/mol. The largest absolute Gasteiger partial charge is 0.326 e. The van der Waals surface area contributed by atoms with Crippen LogP contribution in [0, 0.1) is 17.3 Å². The lowest BCUT2D eigenvalue weighted by Crippen LogP contribution is -2.46. The highest BCUT2D eigenvalue weighted by atomic mass is 15.2. The van der Waals surface area contributed by atoms with Gasteiger partial charge in [-0.3, -0.25) is 4.90 Å². The highest BCUT2D eigenvalue weighted by Crippen LogP contribution is 2.41. The zero-order chi connectivity index (χ0) is 12.6. The van der Waals surface area contributed by atoms with Gasteiger partial charge >= 0.3 is 0 Å². The van der Waals surface area contributed by atoms with Crippen molar-refractivity contribution < 1.29 is 0 Å². The molecule has 2 N–H and O–H groups in total. The van der Waals surface area contributed by atoms with E-state index in [0.717, 1.165) is 18.5 Å². The average Bonchev–Trinajstić information content (AvgIpc) is 2.58. The zero-order valence-electron chi connectivity index (χ0n) is 12.1. The van der Waals surface area contributed by atoms with Crippen LogP contribution in [0.1, 0.15) is 53.4 Å². The molecule has 0 radical (unpaired) electrons. The second-order valence-electron chi connectivity index (χ2n) is 7.42. The van der Waals surface area contributed by atoms with Crippen molar-refractivity contribution in [3.63, 3.8) is 0 Å². The van der Waals surface area contributed by atoms with E-state index >= 15 is 0 Å². The minimum Gasteiger partial charge on any atom is -0.326 e. The molecule has 100 valence electrons. The van der Waals surface area contributed by atoms with Crippen LogP contribution in [0.5, 0.6) is 0 Å². The van der Waals surface area contributed by atoms with Gasteiger partial charge in [0.05, 0.1) is 0 Å². The lowest BCUT2D eigenvalue weighted by atomic mass is 9.69. The molecule has 0 aromatic heterocycles. The Morgan fingerprint density at radius 2 is 1.71 bits per heavy atom. The Hall–Kier alpha value is -0.0800. The first kappa shape index (κ1) is 13.4. The van der Waals surface area contributed by atoms with Crippen molar-refractivity contribution in [2.24, 2.45) is 23.0 Å². The number of rotatable bonds is 1. The Bertz CT molecular complexity index is 246. The molecule has 1 saturated heterocycles. The summed E-state index contributed by atoms with van der Waals surface area (Å²) >= 11 is 0. The van der Waals surface area contributed by atoms with E-state index < -0.39 is 0 Å². The fraction of sp³-hybridized carbons (Fsp3) is 1.00. The van der Waals surface area contributed by atoms with Gasteiger partial charge in [-0.2, -0.15) is 0 Å². The molecule has 0 bridgehead atoms. The molecule has 0 aromatic rings. The molecular formula is C15H30N2. The summed E-state index contributed by atoms with van der Waals surface area (Å²) in [6, 6.07) is 1.19. The van der Waals surface area contributed by atoms with Crippen LogP contribution in [0.2, 0.25) is 0 Å². The van der Waals surface area contributed by atoms with Gasteiger partial charge in [-0.25, -0.2) is 0 Å². The fourth-order valence-electron chi connectivity index (χ4n) is 3.86. The smallest absolute Gasteiger partial charge is 0.0206 e. The Morgan fingerprint density at radius 1 is 1.06 bits per heavy atom. The quantitative estimate of drug-likeness (QED) is 0.761. The van der Waals surface area contributed by atoms with Gasteiger partial charge in [0.15, 0.2) is 0 Å². The third-order valence-corrected chi connectivity index (χ3v) is 5.01. The van der Waals surface area contributed by atoms with Crippen molar-refractivity contribution in [2.75, 3.05) is 13.1 Å². The van der Waals surface area contributed by atoms with E-state index in [1.165, 1.54) is 32.2 Å². The van der Waals surface area contributed by atoms with Crippen LogP contribution in [-0.2, 0) is 0 Å². The van der Waals surface area contributed by atoms with E-state index in [2.05, 4.69) is 32.6 Å². The molecule has 1 aliphatic heterocycles. The summed E-state index contributed by atoms with van der Waals surface area (Å²) in [4.78, 5) is 2.70. The van der Waals surface area contributed by atoms with E-state index in [4.69, 9.17) is 5.73 Å². The third kappa shape index (κ3) is 2.85. The Kier molecular flexibility index (Phi) is 3.84. The molecule has 4 atom stereocenters. The van der Waals surface area contributed by atoms with Crippen molar-refractivity contribution in [1.82, 2.24) is 4.90 Å². The van der Waals surface area contributed by atoms with Crippen LogP contribution in [0.4, 0.5) is 0 Å². The number of hydrogen-bond acceptors (Lipinski definition) is 2. The summed E-state index contributed by atoms with van der Waals surface area (Å²) in [5.74, 6) is 1.53. The SMILES string of the molecule is CC1CN(C2CCCCC2C(C)(C)C)CC1N. The van der Waals surface area contributed by atoms with Gasteiger partial charge in [0.1, 0.15) is 0 Å². The highest BCUT2D eigenvalue weighted by Gasteiger charge is 2.40. The molecule has 2 heteroatoms. The van der Waals surface area contributed by atoms with Crippen LogP contribution < -0.4 is 5.73 Å². The van der Waals surface area contributed by atoms with Gasteiger partial charge in [-0.1, -0.05) is 40.5 Å². The summed E-state index contributed by atoms with van der Waals surface area (Å²) in [6.07, 6.45) is 5.64. The van der Waals surface area contributed by atoms with E-state index in [1.807, 2.05) is 0 Å². The van der Waals surface area contributed by atoms with Crippen molar-refractivity contribution in [1.29, 1.82) is 0 Å². The molecule has 0 aromatic carbocycles. The van der Waals surface area contributed by atoms with Gasteiger partial charge in [-0.15, -0.1) is 0 Å². The molecule has 0 spiro atoms. The minimum atomic E-state index is 0.401. The molecule has 0 amide bonds. The molecule has 2 aliphatic rings. The molecule has 4 unspecified atom stereocenters. The minimum absolute atomic E-state index is 0.401. The van der Waals surface area contributed by atoms with Gasteiger partial charge in [0, 0.05) is 25.2 Å². The second-order valence-corrected chi connectivity index (χ2v) is 7.42.